The molecule has 1 aromatic carbocycles. The number of aromatic hydroxyl groups is 1. The quantitative estimate of drug-likeness (QED) is 0.747. The van der Waals surface area contributed by atoms with Gasteiger partial charge in [0, 0.05) is 18.1 Å². The van der Waals surface area contributed by atoms with Gasteiger partial charge in [-0.05, 0) is 31.0 Å². The maximum absolute atomic E-state index is 11.8. The van der Waals surface area contributed by atoms with Crippen LogP contribution in [0.4, 0.5) is 4.79 Å². The van der Waals surface area contributed by atoms with E-state index in [1.807, 2.05) is 12.1 Å². The van der Waals surface area contributed by atoms with Gasteiger partial charge in [-0.3, -0.25) is 0 Å². The van der Waals surface area contributed by atoms with E-state index in [0.29, 0.717) is 6.54 Å². The van der Waals surface area contributed by atoms with E-state index in [-0.39, 0.29) is 17.3 Å². The van der Waals surface area contributed by atoms with E-state index in [9.17, 15) is 9.90 Å². The minimum atomic E-state index is -0.107. The Kier molecular flexibility index (Phi) is 4.87. The van der Waals surface area contributed by atoms with E-state index in [0.717, 1.165) is 23.5 Å². The fourth-order valence-corrected chi connectivity index (χ4v) is 4.98. The summed E-state index contributed by atoms with van der Waals surface area (Å²) >= 11 is 0. The molecule has 0 aromatic heterocycles. The third-order valence-corrected chi connectivity index (χ3v) is 5.77. The second-order valence-electron chi connectivity index (χ2n) is 4.88. The number of phenolic OH excluding ortho intramolecular Hbond substituents is 1. The average molecular weight is 298 g/mol. The van der Waals surface area contributed by atoms with Gasteiger partial charge in [0.15, 0.2) is 0 Å². The van der Waals surface area contributed by atoms with Gasteiger partial charge in [0.1, 0.15) is 5.75 Å². The fraction of sp³-hybridized carbons (Fsp3) is 0.462. The van der Waals surface area contributed by atoms with Crippen LogP contribution >= 0.6 is 21.6 Å². The lowest BCUT2D eigenvalue weighted by atomic mass is 10.1. The summed E-state index contributed by atoms with van der Waals surface area (Å²) in [5, 5.41) is 15.1. The van der Waals surface area contributed by atoms with Crippen molar-refractivity contribution in [2.45, 2.75) is 18.9 Å². The lowest BCUT2D eigenvalue weighted by molar-refractivity contribution is 0.233. The highest BCUT2D eigenvalue weighted by Crippen LogP contribution is 2.36. The molecule has 1 saturated heterocycles. The molecule has 2 rings (SSSR count). The second kappa shape index (κ2) is 6.43. The van der Waals surface area contributed by atoms with Crippen molar-refractivity contribution in [3.63, 3.8) is 0 Å². The summed E-state index contributed by atoms with van der Waals surface area (Å²) in [5.41, 5.74) is 0.995. The number of carbonyl (C=O) groups is 1. The van der Waals surface area contributed by atoms with Gasteiger partial charge in [-0.1, -0.05) is 33.7 Å². The zero-order chi connectivity index (χ0) is 13.7. The van der Waals surface area contributed by atoms with Crippen molar-refractivity contribution in [3.05, 3.63) is 29.8 Å². The fourth-order valence-electron chi connectivity index (χ4n) is 1.76. The van der Waals surface area contributed by atoms with Crippen LogP contribution in [-0.2, 0) is 6.42 Å². The highest BCUT2D eigenvalue weighted by Gasteiger charge is 2.31. The van der Waals surface area contributed by atoms with Crippen molar-refractivity contribution in [2.75, 3.05) is 18.1 Å². The van der Waals surface area contributed by atoms with Crippen LogP contribution in [0.2, 0.25) is 0 Å². The summed E-state index contributed by atoms with van der Waals surface area (Å²) in [4.78, 5) is 11.8. The lowest BCUT2D eigenvalue weighted by Crippen LogP contribution is -2.52. The summed E-state index contributed by atoms with van der Waals surface area (Å²) in [5.74, 6) is 2.16. The largest absolute Gasteiger partial charge is 0.508 e. The minimum absolute atomic E-state index is 0.0993. The molecule has 1 fully saturated rings. The molecule has 6 heteroatoms. The number of nitrogens with one attached hydrogen (secondary N) is 2. The average Bonchev–Trinajstić information content (AvgIpc) is 2.78. The smallest absolute Gasteiger partial charge is 0.315 e. The number of benzene rings is 1. The van der Waals surface area contributed by atoms with E-state index in [1.165, 1.54) is 0 Å². The third-order valence-electron chi connectivity index (χ3n) is 2.89. The van der Waals surface area contributed by atoms with Crippen LogP contribution in [0, 0.1) is 0 Å². The van der Waals surface area contributed by atoms with Crippen molar-refractivity contribution in [2.24, 2.45) is 0 Å². The molecule has 104 valence electrons. The monoisotopic (exact) mass is 298 g/mol. The highest BCUT2D eigenvalue weighted by atomic mass is 33.1. The van der Waals surface area contributed by atoms with Crippen LogP contribution < -0.4 is 10.6 Å². The van der Waals surface area contributed by atoms with Gasteiger partial charge in [0.2, 0.25) is 0 Å². The van der Waals surface area contributed by atoms with Crippen LogP contribution in [-0.4, -0.2) is 34.7 Å². The molecule has 0 unspecified atom stereocenters. The Hall–Kier alpha value is -1.01. The number of amides is 2. The second-order valence-corrected chi connectivity index (χ2v) is 7.35. The van der Waals surface area contributed by atoms with E-state index in [4.69, 9.17) is 0 Å². The normalized spacial score (nSPS) is 17.1. The summed E-state index contributed by atoms with van der Waals surface area (Å²) in [6, 6.07) is 6.93. The van der Waals surface area contributed by atoms with Gasteiger partial charge < -0.3 is 15.7 Å². The predicted molar refractivity (Wildman–Crippen MR) is 81.7 cm³/mol. The lowest BCUT2D eigenvalue weighted by Gasteiger charge is -2.23. The predicted octanol–water partition coefficient (Wildman–Crippen LogP) is 2.39. The first-order valence-corrected chi connectivity index (χ1v) is 8.65. The molecule has 4 nitrogen and oxygen atoms in total. The Balaban J connectivity index is 1.70. The van der Waals surface area contributed by atoms with E-state index in [1.54, 1.807) is 33.7 Å². The number of rotatable bonds is 4. The minimum Gasteiger partial charge on any atom is -0.508 e. The number of phenols is 1. The van der Waals surface area contributed by atoms with Crippen LogP contribution in [0.5, 0.6) is 5.75 Å². The summed E-state index contributed by atoms with van der Waals surface area (Å²) in [6.07, 6.45) is 0.758. The Labute approximate surface area is 121 Å². The number of carbonyl (C=O) groups excluding carboxylic acids is 1. The summed E-state index contributed by atoms with van der Waals surface area (Å²) in [6.45, 7) is 2.66. The molecule has 1 aromatic rings. The van der Waals surface area contributed by atoms with Crippen molar-refractivity contribution in [3.8, 4) is 5.75 Å². The van der Waals surface area contributed by atoms with Crippen LogP contribution in [0.25, 0.3) is 0 Å². The van der Waals surface area contributed by atoms with Gasteiger partial charge in [-0.15, -0.1) is 0 Å². The van der Waals surface area contributed by atoms with Gasteiger partial charge in [-0.25, -0.2) is 4.79 Å². The zero-order valence-electron chi connectivity index (χ0n) is 10.8. The molecule has 2 amide bonds. The van der Waals surface area contributed by atoms with Gasteiger partial charge in [0.05, 0.1) is 5.54 Å². The maximum atomic E-state index is 11.8. The Morgan fingerprint density at radius 3 is 2.58 bits per heavy atom. The van der Waals surface area contributed by atoms with E-state index in [2.05, 4.69) is 17.6 Å². The van der Waals surface area contributed by atoms with E-state index >= 15 is 0 Å². The molecule has 1 aliphatic rings. The maximum Gasteiger partial charge on any atom is 0.315 e. The topological polar surface area (TPSA) is 61.4 Å². The molecule has 1 aliphatic heterocycles. The Morgan fingerprint density at radius 1 is 1.32 bits per heavy atom. The van der Waals surface area contributed by atoms with Crippen molar-refractivity contribution < 1.29 is 9.90 Å². The molecule has 0 atom stereocenters. The summed E-state index contributed by atoms with van der Waals surface area (Å²) < 4.78 is 0. The standard InChI is InChI=1S/C13H18N2O2S2/c1-13(8-18-19-9-13)15-12(17)14-7-6-10-2-4-11(16)5-3-10/h2-5,16H,6-9H2,1H3,(H2,14,15,17). The van der Waals surface area contributed by atoms with Crippen molar-refractivity contribution in [1.29, 1.82) is 0 Å². The molecule has 19 heavy (non-hydrogen) atoms. The molecule has 0 bridgehead atoms. The Bertz CT molecular complexity index is 431. The molecule has 0 aliphatic carbocycles. The first-order chi connectivity index (χ1) is 9.07. The molecule has 0 spiro atoms. The number of urea groups is 1. The molecule has 3 N–H and O–H groups in total. The molecule has 1 heterocycles. The number of hydrogen-bond acceptors (Lipinski definition) is 4. The summed E-state index contributed by atoms with van der Waals surface area (Å²) in [7, 11) is 3.59. The molecular weight excluding hydrogens is 280 g/mol. The molecular formula is C13H18N2O2S2. The Morgan fingerprint density at radius 2 is 1.95 bits per heavy atom. The van der Waals surface area contributed by atoms with Crippen molar-refractivity contribution >= 4 is 27.6 Å². The highest BCUT2D eigenvalue weighted by molar-refractivity contribution is 8.77. The van der Waals surface area contributed by atoms with E-state index < -0.39 is 0 Å². The van der Waals surface area contributed by atoms with Crippen molar-refractivity contribution in [1.82, 2.24) is 10.6 Å². The third kappa shape index (κ3) is 4.54. The van der Waals surface area contributed by atoms with Gasteiger partial charge in [0.25, 0.3) is 0 Å². The van der Waals surface area contributed by atoms with Crippen LogP contribution in [0.3, 0.4) is 0 Å². The van der Waals surface area contributed by atoms with Crippen LogP contribution in [0.15, 0.2) is 24.3 Å². The van der Waals surface area contributed by atoms with Crippen LogP contribution in [0.1, 0.15) is 12.5 Å². The number of hydrogen-bond donors (Lipinski definition) is 3. The first-order valence-electron chi connectivity index (χ1n) is 6.16. The zero-order valence-corrected chi connectivity index (χ0v) is 12.4. The van der Waals surface area contributed by atoms with Gasteiger partial charge in [-0.2, -0.15) is 0 Å². The van der Waals surface area contributed by atoms with Gasteiger partial charge >= 0.3 is 6.03 Å². The molecule has 0 radical (unpaired) electrons. The molecule has 0 saturated carbocycles. The SMILES string of the molecule is CC1(NC(=O)NCCc2ccc(O)cc2)CSSC1. The first kappa shape index (κ1) is 14.4.